The minimum absolute atomic E-state index is 0.0134. The molecule has 0 bridgehead atoms. The van der Waals surface area contributed by atoms with Gasteiger partial charge in [-0.15, -0.1) is 0 Å². The molecule has 1 fully saturated rings. The van der Waals surface area contributed by atoms with Gasteiger partial charge >= 0.3 is 5.69 Å². The molecule has 216 valence electrons. The Morgan fingerprint density at radius 2 is 1.86 bits per heavy atom. The van der Waals surface area contributed by atoms with Crippen LogP contribution in [0.2, 0.25) is 0 Å². The average molecular weight is 568 g/mol. The van der Waals surface area contributed by atoms with Crippen LogP contribution < -0.4 is 16.2 Å². The third-order valence-corrected chi connectivity index (χ3v) is 7.20. The van der Waals surface area contributed by atoms with Crippen molar-refractivity contribution in [2.75, 3.05) is 18.9 Å². The summed E-state index contributed by atoms with van der Waals surface area (Å²) >= 11 is 0. The molecular weight excluding hydrogens is 534 g/mol. The number of amides is 1. The number of imidazole rings is 1. The molecule has 11 nitrogen and oxygen atoms in total. The average Bonchev–Trinajstić information content (AvgIpc) is 3.55. The van der Waals surface area contributed by atoms with Crippen molar-refractivity contribution in [1.82, 2.24) is 24.0 Å². The van der Waals surface area contributed by atoms with Crippen molar-refractivity contribution < 1.29 is 14.3 Å². The first-order valence-electron chi connectivity index (χ1n) is 13.9. The van der Waals surface area contributed by atoms with E-state index in [1.165, 1.54) is 15.5 Å². The van der Waals surface area contributed by atoms with E-state index in [4.69, 9.17) is 15.2 Å². The van der Waals surface area contributed by atoms with Gasteiger partial charge in [0.15, 0.2) is 11.5 Å². The maximum Gasteiger partial charge on any atom is 0.335 e. The number of nitriles is 1. The highest BCUT2D eigenvalue weighted by Gasteiger charge is 2.33. The van der Waals surface area contributed by atoms with Gasteiger partial charge in [-0.3, -0.25) is 13.9 Å². The number of benzene rings is 2. The third-order valence-electron chi connectivity index (χ3n) is 7.20. The first kappa shape index (κ1) is 28.6. The summed E-state index contributed by atoms with van der Waals surface area (Å²) in [6, 6.07) is 18.2. The lowest BCUT2D eigenvalue weighted by atomic mass is 10.0. The minimum atomic E-state index is -0.773. The van der Waals surface area contributed by atoms with Gasteiger partial charge < -0.3 is 20.1 Å². The van der Waals surface area contributed by atoms with Crippen molar-refractivity contribution in [3.8, 4) is 23.3 Å². The molecule has 2 N–H and O–H groups in total. The van der Waals surface area contributed by atoms with Crippen molar-refractivity contribution in [2.45, 2.75) is 51.8 Å². The maximum absolute atomic E-state index is 13.9. The Labute approximate surface area is 243 Å². The zero-order valence-electron chi connectivity index (χ0n) is 23.9. The first-order chi connectivity index (χ1) is 20.2. The Kier molecular flexibility index (Phi) is 8.08. The second kappa shape index (κ2) is 11.9. The fourth-order valence-electron chi connectivity index (χ4n) is 5.36. The molecule has 5 rings (SSSR count). The molecule has 1 amide bonds. The highest BCUT2D eigenvalue weighted by atomic mass is 16.5. The summed E-state index contributed by atoms with van der Waals surface area (Å²) in [5.41, 5.74) is 6.46. The highest BCUT2D eigenvalue weighted by Crippen LogP contribution is 2.27. The van der Waals surface area contributed by atoms with Gasteiger partial charge in [0.25, 0.3) is 5.91 Å². The van der Waals surface area contributed by atoms with Gasteiger partial charge in [0.2, 0.25) is 0 Å². The first-order valence-corrected chi connectivity index (χ1v) is 13.9. The van der Waals surface area contributed by atoms with Gasteiger partial charge in [-0.1, -0.05) is 18.2 Å². The standard InChI is InChI=1S/C31H33N7O4/c1-4-41-31(2,3)17-21(18-32)29(39)36-16-8-9-23(36)19-37-28-26(27(33)34-20-35-28)38(30(37)40)22-12-14-25(15-13-22)42-24-10-6-5-7-11-24/h5-7,10-15,17,20,23H,4,8-9,16,19H2,1-3H3,(H2,33,34,35)/b21-17-/t23-/m0/s1. The molecule has 0 aliphatic carbocycles. The molecule has 1 saturated heterocycles. The zero-order chi connectivity index (χ0) is 29.9. The number of anilines is 1. The number of carbonyl (C=O) groups excluding carboxylic acids is 1. The largest absolute Gasteiger partial charge is 0.457 e. The van der Waals surface area contributed by atoms with Gasteiger partial charge in [0, 0.05) is 19.7 Å². The molecule has 2 aromatic heterocycles. The van der Waals surface area contributed by atoms with Crippen LogP contribution in [0, 0.1) is 11.3 Å². The maximum atomic E-state index is 13.9. The van der Waals surface area contributed by atoms with Crippen molar-refractivity contribution in [2.24, 2.45) is 0 Å². The van der Waals surface area contributed by atoms with Crippen LogP contribution >= 0.6 is 0 Å². The summed E-state index contributed by atoms with van der Waals surface area (Å²) in [6.07, 6.45) is 4.30. The van der Waals surface area contributed by atoms with Crippen LogP contribution in [0.4, 0.5) is 5.82 Å². The number of para-hydroxylation sites is 1. The van der Waals surface area contributed by atoms with E-state index < -0.39 is 5.60 Å². The molecule has 2 aromatic carbocycles. The van der Waals surface area contributed by atoms with Crippen molar-refractivity contribution in [3.63, 3.8) is 0 Å². The predicted octanol–water partition coefficient (Wildman–Crippen LogP) is 4.21. The van der Waals surface area contributed by atoms with Crippen molar-refractivity contribution in [1.29, 1.82) is 5.26 Å². The quantitative estimate of drug-likeness (QED) is 0.234. The lowest BCUT2D eigenvalue weighted by molar-refractivity contribution is -0.127. The molecule has 1 aliphatic heterocycles. The Hall–Kier alpha value is -4.95. The number of aromatic nitrogens is 4. The summed E-state index contributed by atoms with van der Waals surface area (Å²) in [5.74, 6) is 1.09. The molecule has 4 aromatic rings. The number of likely N-dealkylation sites (tertiary alicyclic amines) is 1. The smallest absolute Gasteiger partial charge is 0.335 e. The van der Waals surface area contributed by atoms with E-state index in [0.29, 0.717) is 47.9 Å². The summed E-state index contributed by atoms with van der Waals surface area (Å²) in [4.78, 5) is 37.6. The van der Waals surface area contributed by atoms with E-state index in [9.17, 15) is 14.9 Å². The predicted molar refractivity (Wildman–Crippen MR) is 158 cm³/mol. The van der Waals surface area contributed by atoms with Gasteiger partial charge in [-0.05, 0) is 76.1 Å². The molecule has 11 heteroatoms. The fourth-order valence-corrected chi connectivity index (χ4v) is 5.36. The van der Waals surface area contributed by atoms with Crippen LogP contribution in [0.15, 0.2) is 77.4 Å². The van der Waals surface area contributed by atoms with Gasteiger partial charge in [0.05, 0.1) is 17.3 Å². The number of ether oxygens (including phenoxy) is 2. The topological polar surface area (TPSA) is 141 Å². The third kappa shape index (κ3) is 5.75. The number of rotatable bonds is 9. The molecule has 1 atom stereocenters. The minimum Gasteiger partial charge on any atom is -0.457 e. The summed E-state index contributed by atoms with van der Waals surface area (Å²) in [6.45, 7) is 6.59. The molecule has 0 saturated carbocycles. The van der Waals surface area contributed by atoms with Crippen LogP contribution in [-0.2, 0) is 16.1 Å². The molecule has 42 heavy (non-hydrogen) atoms. The SMILES string of the molecule is CCOC(C)(C)/C=C(/C#N)C(=O)N1CCC[C@H]1Cn1c(=O)n(-c2ccc(Oc3ccccc3)cc2)c2c(N)ncnc21. The van der Waals surface area contributed by atoms with E-state index >= 15 is 0 Å². The fraction of sp³-hybridized carbons (Fsp3) is 0.323. The number of hydrogen-bond acceptors (Lipinski definition) is 8. The molecule has 1 aliphatic rings. The highest BCUT2D eigenvalue weighted by molar-refractivity contribution is 5.97. The van der Waals surface area contributed by atoms with Crippen LogP contribution in [0.3, 0.4) is 0 Å². The monoisotopic (exact) mass is 567 g/mol. The number of hydrogen-bond donors (Lipinski definition) is 1. The van der Waals surface area contributed by atoms with E-state index in [1.54, 1.807) is 49.1 Å². The number of carbonyl (C=O) groups is 1. The second-order valence-corrected chi connectivity index (χ2v) is 10.6. The molecule has 3 heterocycles. The Morgan fingerprint density at radius 3 is 2.55 bits per heavy atom. The number of fused-ring (bicyclic) bond motifs is 1. The van der Waals surface area contributed by atoms with Crippen LogP contribution in [0.25, 0.3) is 16.9 Å². The Morgan fingerprint density at radius 1 is 1.14 bits per heavy atom. The zero-order valence-corrected chi connectivity index (χ0v) is 23.9. The normalized spacial score (nSPS) is 15.6. The van der Waals surface area contributed by atoms with Gasteiger partial charge in [-0.25, -0.2) is 14.8 Å². The van der Waals surface area contributed by atoms with E-state index in [-0.39, 0.29) is 35.6 Å². The molecule has 0 radical (unpaired) electrons. The Bertz CT molecular complexity index is 1720. The van der Waals surface area contributed by atoms with Crippen molar-refractivity contribution in [3.05, 3.63) is 83.1 Å². The van der Waals surface area contributed by atoms with E-state index in [1.807, 2.05) is 43.3 Å². The van der Waals surface area contributed by atoms with Gasteiger partial charge in [0.1, 0.15) is 35.0 Å². The number of nitrogen functional groups attached to an aromatic ring is 1. The Balaban J connectivity index is 1.47. The second-order valence-electron chi connectivity index (χ2n) is 10.6. The van der Waals surface area contributed by atoms with Gasteiger partial charge in [-0.2, -0.15) is 5.26 Å². The lowest BCUT2D eigenvalue weighted by Gasteiger charge is -2.26. The van der Waals surface area contributed by atoms with Crippen LogP contribution in [0.1, 0.15) is 33.6 Å². The van der Waals surface area contributed by atoms with Crippen LogP contribution in [-0.4, -0.2) is 54.7 Å². The number of nitrogens with zero attached hydrogens (tertiary/aromatic N) is 6. The van der Waals surface area contributed by atoms with E-state index in [0.717, 1.165) is 6.42 Å². The molecular formula is C31H33N7O4. The summed E-state index contributed by atoms with van der Waals surface area (Å²) in [5, 5.41) is 9.79. The van der Waals surface area contributed by atoms with Crippen molar-refractivity contribution >= 4 is 22.9 Å². The summed E-state index contributed by atoms with van der Waals surface area (Å²) in [7, 11) is 0. The lowest BCUT2D eigenvalue weighted by Crippen LogP contribution is -2.41. The molecule has 0 spiro atoms. The summed E-state index contributed by atoms with van der Waals surface area (Å²) < 4.78 is 14.6. The van der Waals surface area contributed by atoms with Crippen LogP contribution in [0.5, 0.6) is 11.5 Å². The molecule has 0 unspecified atom stereocenters. The van der Waals surface area contributed by atoms with E-state index in [2.05, 4.69) is 9.97 Å². The number of nitrogens with two attached hydrogens (primary N) is 1.